The largest absolute Gasteiger partial charge is 0.496 e. The van der Waals surface area contributed by atoms with Gasteiger partial charge in [-0.15, -0.1) is 6.58 Å². The van der Waals surface area contributed by atoms with Gasteiger partial charge >= 0.3 is 0 Å². The molecule has 4 aromatic carbocycles. The number of nitrogens with zero attached hydrogens (tertiary/aromatic N) is 3. The number of aliphatic hydroxyl groups is 2. The van der Waals surface area contributed by atoms with Crippen LogP contribution in [0.1, 0.15) is 85.7 Å². The Hall–Kier alpha value is -5.90. The molecule has 8 rings (SSSR count). The summed E-state index contributed by atoms with van der Waals surface area (Å²) < 4.78 is 59.2. The quantitative estimate of drug-likeness (QED) is 0.0277. The average Bonchev–Trinajstić information content (AvgIpc) is 3.36. The van der Waals surface area contributed by atoms with E-state index in [-0.39, 0.29) is 62.0 Å². The van der Waals surface area contributed by atoms with Crippen molar-refractivity contribution >= 4 is 32.9 Å². The number of allylic oxidation sites excluding steroid dienone is 1. The molecule has 6 atom stereocenters. The van der Waals surface area contributed by atoms with E-state index in [0.29, 0.717) is 64.4 Å². The van der Waals surface area contributed by atoms with Gasteiger partial charge in [0.1, 0.15) is 34.5 Å². The van der Waals surface area contributed by atoms with Gasteiger partial charge in [-0.2, -0.15) is 4.31 Å². The number of rotatable bonds is 23. The molecule has 0 amide bonds. The molecule has 1 saturated carbocycles. The van der Waals surface area contributed by atoms with Gasteiger partial charge in [-0.05, 0) is 104 Å². The van der Waals surface area contributed by atoms with E-state index in [4.69, 9.17) is 28.9 Å². The Labute approximate surface area is 399 Å². The Bertz CT molecular complexity index is 2720. The zero-order valence-corrected chi connectivity index (χ0v) is 39.6. The number of para-hydroxylation sites is 1. The Kier molecular flexibility index (Phi) is 15.7. The first-order chi connectivity index (χ1) is 33.2. The van der Waals surface area contributed by atoms with Crippen molar-refractivity contribution in [3.8, 4) is 23.0 Å². The summed E-state index contributed by atoms with van der Waals surface area (Å²) in [5.74, 6) is -0.836. The van der Waals surface area contributed by atoms with Gasteiger partial charge in [0.15, 0.2) is 6.29 Å². The first kappa shape index (κ1) is 48.6. The van der Waals surface area contributed by atoms with Crippen LogP contribution in [-0.4, -0.2) is 85.2 Å². The highest BCUT2D eigenvalue weighted by atomic mass is 32.2. The molecule has 0 unspecified atom stereocenters. The molecular formula is C54H61N3O10S. The van der Waals surface area contributed by atoms with Crippen LogP contribution in [-0.2, 0) is 26.2 Å². The van der Waals surface area contributed by atoms with E-state index in [1.165, 1.54) is 11.4 Å². The second-order valence-corrected chi connectivity index (χ2v) is 19.5. The molecule has 1 aliphatic heterocycles. The lowest BCUT2D eigenvalue weighted by molar-refractivity contribution is -0.251. The third kappa shape index (κ3) is 9.83. The number of aldehydes is 1. The topological polar surface area (TPSA) is 166 Å². The molecule has 3 aliphatic rings. The highest BCUT2D eigenvalue weighted by Gasteiger charge is 2.66. The van der Waals surface area contributed by atoms with E-state index >= 15 is 8.42 Å². The third-order valence-corrected chi connectivity index (χ3v) is 15.4. The lowest BCUT2D eigenvalue weighted by atomic mass is 9.55. The van der Waals surface area contributed by atoms with Gasteiger partial charge in [0.2, 0.25) is 15.8 Å². The second kappa shape index (κ2) is 22.0. The Balaban J connectivity index is 1.36. The van der Waals surface area contributed by atoms with E-state index < -0.39 is 27.8 Å². The number of aliphatic hydroxyl groups excluding tert-OH is 2. The number of sulfonamides is 1. The fraction of sp³-hybridized carbons (Fsp3) is 0.389. The first-order valence-electron chi connectivity index (χ1n) is 23.6. The molecule has 0 bridgehead atoms. The number of hydrogen-bond acceptors (Lipinski definition) is 12. The van der Waals surface area contributed by atoms with Crippen LogP contribution in [0.5, 0.6) is 23.0 Å². The smallest absolute Gasteiger partial charge is 0.245 e. The second-order valence-electron chi connectivity index (χ2n) is 17.6. The predicted molar refractivity (Wildman–Crippen MR) is 261 cm³/mol. The summed E-state index contributed by atoms with van der Waals surface area (Å²) in [4.78, 5) is 22.9. The van der Waals surface area contributed by atoms with Crippen molar-refractivity contribution in [2.45, 2.75) is 87.5 Å². The minimum absolute atomic E-state index is 0.0195. The first-order valence-corrected chi connectivity index (χ1v) is 25.1. The molecule has 358 valence electrons. The summed E-state index contributed by atoms with van der Waals surface area (Å²) in [5.41, 5.74) is 3.90. The van der Waals surface area contributed by atoms with Crippen molar-refractivity contribution in [2.24, 2.45) is 22.9 Å². The maximum atomic E-state index is 15.6. The van der Waals surface area contributed by atoms with Gasteiger partial charge in [0.05, 0.1) is 42.5 Å². The van der Waals surface area contributed by atoms with Crippen molar-refractivity contribution in [3.63, 3.8) is 0 Å². The minimum Gasteiger partial charge on any atom is -0.496 e. The van der Waals surface area contributed by atoms with E-state index in [0.717, 1.165) is 48.7 Å². The van der Waals surface area contributed by atoms with Crippen LogP contribution in [0.2, 0.25) is 0 Å². The van der Waals surface area contributed by atoms with E-state index in [9.17, 15) is 15.0 Å². The number of benzene rings is 4. The van der Waals surface area contributed by atoms with Crippen molar-refractivity contribution in [2.75, 3.05) is 33.5 Å². The molecule has 14 heteroatoms. The Morgan fingerprint density at radius 3 is 2.46 bits per heavy atom. The average molecular weight is 944 g/mol. The van der Waals surface area contributed by atoms with Crippen LogP contribution in [0.4, 0.5) is 0 Å². The van der Waals surface area contributed by atoms with Crippen molar-refractivity contribution in [1.29, 1.82) is 0 Å². The van der Waals surface area contributed by atoms with E-state index in [1.54, 1.807) is 54.7 Å². The fourth-order valence-corrected chi connectivity index (χ4v) is 12.4. The number of carbonyl (C=O) groups excluding carboxylic acids is 1. The number of methoxy groups -OCH3 is 1. The van der Waals surface area contributed by atoms with E-state index in [2.05, 4.69) is 17.6 Å². The number of unbranched alkanes of at least 4 members (excludes halogenated alkanes) is 2. The molecule has 2 heterocycles. The Morgan fingerprint density at radius 1 is 0.941 bits per heavy atom. The number of aromatic nitrogens is 1. The summed E-state index contributed by atoms with van der Waals surface area (Å²) in [6, 6.07) is 28.3. The maximum absolute atomic E-state index is 15.6. The molecule has 1 fully saturated rings. The van der Waals surface area contributed by atoms with Gasteiger partial charge in [-0.1, -0.05) is 85.6 Å². The molecule has 68 heavy (non-hydrogen) atoms. The van der Waals surface area contributed by atoms with Crippen molar-refractivity contribution in [3.05, 3.63) is 144 Å². The SMILES string of the molecule is C=CCO[C@@]12Oc3ccc(Oc4ccc(OC)c(C=O)c4)cc3[C@H]3[C@H](CCCCO)[C@@H](CCCCO)C=C(C(=NOCc4ccccc4)C[C@@H]1N(CCC)S(=O)(=O)c1cccc4cccnc14)[C@H]32. The number of ether oxygens (including phenoxy) is 4. The van der Waals surface area contributed by atoms with Crippen LogP contribution in [0.15, 0.2) is 138 Å². The third-order valence-electron chi connectivity index (χ3n) is 13.4. The van der Waals surface area contributed by atoms with Gasteiger partial charge < -0.3 is 34.0 Å². The summed E-state index contributed by atoms with van der Waals surface area (Å²) >= 11 is 0. The van der Waals surface area contributed by atoms with Crippen LogP contribution < -0.4 is 14.2 Å². The number of pyridine rings is 1. The molecule has 1 aromatic heterocycles. The lowest BCUT2D eigenvalue weighted by Gasteiger charge is -2.59. The van der Waals surface area contributed by atoms with Crippen molar-refractivity contribution in [1.82, 2.24) is 9.29 Å². The van der Waals surface area contributed by atoms with Gasteiger partial charge in [-0.3, -0.25) is 9.78 Å². The molecular weight excluding hydrogens is 883 g/mol. The van der Waals surface area contributed by atoms with Crippen LogP contribution in [0, 0.1) is 17.8 Å². The summed E-state index contributed by atoms with van der Waals surface area (Å²) in [5, 5.41) is 25.7. The molecule has 0 radical (unpaired) electrons. The maximum Gasteiger partial charge on any atom is 0.245 e. The molecule has 0 spiro atoms. The van der Waals surface area contributed by atoms with Gasteiger partial charge in [0, 0.05) is 49.2 Å². The number of carbonyl (C=O) groups is 1. The summed E-state index contributed by atoms with van der Waals surface area (Å²) in [6.07, 6.45) is 11.0. The predicted octanol–water partition coefficient (Wildman–Crippen LogP) is 9.78. The standard InChI is InChI=1S/C54H61N3O10S/c1-4-27-57(68(61,62)49-21-13-18-38-19-14-26-55-53(38)49)50-34-46(56-65-36-37-15-7-6-8-16-37)44-32-39(17-9-11-28-58)43(20-10-12-29-59)51-45-33-42(66-41-22-24-47(63-3)40(31-41)35-60)23-25-48(45)67-54(50,52(44)51)64-30-5-2/h5-8,13-16,18-19,21-26,31-33,35,39,43,50-52,58-59H,2,4,9-12,17,20,27-30,34,36H2,1,3H3/t39-,43+,50-,51+,52+,54+/m0/s1. The lowest BCUT2D eigenvalue weighted by Crippen LogP contribution is -2.70. The number of hydrogen-bond donors (Lipinski definition) is 2. The van der Waals surface area contributed by atoms with E-state index in [1.807, 2.05) is 61.5 Å². The van der Waals surface area contributed by atoms with Gasteiger partial charge in [0.25, 0.3) is 0 Å². The zero-order chi connectivity index (χ0) is 47.7. The van der Waals surface area contributed by atoms with Gasteiger partial charge in [-0.25, -0.2) is 8.42 Å². The number of fused-ring (bicyclic) bond motifs is 3. The molecule has 2 aliphatic carbocycles. The number of oxime groups is 1. The summed E-state index contributed by atoms with van der Waals surface area (Å²) in [7, 11) is -2.83. The monoisotopic (exact) mass is 943 g/mol. The molecule has 5 aromatic rings. The highest BCUT2D eigenvalue weighted by molar-refractivity contribution is 7.89. The van der Waals surface area contributed by atoms with Crippen LogP contribution >= 0.6 is 0 Å². The highest BCUT2D eigenvalue weighted by Crippen LogP contribution is 2.62. The Morgan fingerprint density at radius 2 is 1.71 bits per heavy atom. The fourth-order valence-electron chi connectivity index (χ4n) is 10.5. The van der Waals surface area contributed by atoms with Crippen LogP contribution in [0.25, 0.3) is 10.9 Å². The minimum atomic E-state index is -4.34. The van der Waals surface area contributed by atoms with Crippen molar-refractivity contribution < 1.29 is 47.2 Å². The molecule has 13 nitrogen and oxygen atoms in total. The molecule has 2 N–H and O–H groups in total. The molecule has 0 saturated heterocycles. The zero-order valence-electron chi connectivity index (χ0n) is 38.7. The van der Waals surface area contributed by atoms with Crippen LogP contribution in [0.3, 0.4) is 0 Å². The normalized spacial score (nSPS) is 22.5. The summed E-state index contributed by atoms with van der Waals surface area (Å²) in [6.45, 7) is 6.45.